The third-order valence-electron chi connectivity index (χ3n) is 5.07. The number of anilines is 1. The average Bonchev–Trinajstić information content (AvgIpc) is 3.02. The van der Waals surface area contributed by atoms with Crippen molar-refractivity contribution in [1.29, 1.82) is 0 Å². The van der Waals surface area contributed by atoms with Gasteiger partial charge in [0.25, 0.3) is 17.5 Å². The Morgan fingerprint density at radius 3 is 2.77 bits per heavy atom. The molecule has 158 valence electrons. The van der Waals surface area contributed by atoms with Crippen molar-refractivity contribution in [1.82, 2.24) is 0 Å². The molecule has 30 heavy (non-hydrogen) atoms. The summed E-state index contributed by atoms with van der Waals surface area (Å²) in [4.78, 5) is 48.0. The smallest absolute Gasteiger partial charge is 0.339 e. The Bertz CT molecular complexity index is 1050. The molecular formula is C20H21N3O6S. The first-order valence-electron chi connectivity index (χ1n) is 9.34. The number of nitrogens with one attached hydrogen (secondary N) is 1. The van der Waals surface area contributed by atoms with E-state index in [1.54, 1.807) is 0 Å². The molecule has 2 aromatic rings. The highest BCUT2D eigenvalue weighted by molar-refractivity contribution is 7.17. The SMILES string of the molecule is Cc1c(C(=O)OCC(=O)Nc2sc3c(c2C(N)=O)CC[C@H](C)C3)cccc1[N+](=O)[O-]. The molecule has 0 radical (unpaired) electrons. The lowest BCUT2D eigenvalue weighted by molar-refractivity contribution is -0.385. The number of carbonyl (C=O) groups excluding carboxylic acids is 3. The van der Waals surface area contributed by atoms with Gasteiger partial charge in [-0.05, 0) is 43.7 Å². The van der Waals surface area contributed by atoms with Crippen LogP contribution in [-0.2, 0) is 22.4 Å². The van der Waals surface area contributed by atoms with Crippen LogP contribution in [0.3, 0.4) is 0 Å². The van der Waals surface area contributed by atoms with Gasteiger partial charge in [-0.3, -0.25) is 19.7 Å². The predicted octanol–water partition coefficient (Wildman–Crippen LogP) is 2.98. The molecule has 1 aromatic heterocycles. The van der Waals surface area contributed by atoms with Crippen molar-refractivity contribution in [2.45, 2.75) is 33.1 Å². The lowest BCUT2D eigenvalue weighted by Crippen LogP contribution is -2.23. The zero-order valence-electron chi connectivity index (χ0n) is 16.5. The number of nitro groups is 1. The summed E-state index contributed by atoms with van der Waals surface area (Å²) in [5, 5.41) is 14.0. The van der Waals surface area contributed by atoms with Crippen LogP contribution in [0.15, 0.2) is 18.2 Å². The monoisotopic (exact) mass is 431 g/mol. The Hall–Kier alpha value is -3.27. The highest BCUT2D eigenvalue weighted by Gasteiger charge is 2.27. The maximum absolute atomic E-state index is 12.3. The number of thiophene rings is 1. The van der Waals surface area contributed by atoms with Crippen LogP contribution in [0.2, 0.25) is 0 Å². The van der Waals surface area contributed by atoms with E-state index in [0.29, 0.717) is 16.5 Å². The van der Waals surface area contributed by atoms with Gasteiger partial charge in [0.1, 0.15) is 5.00 Å². The fraction of sp³-hybridized carbons (Fsp3) is 0.350. The van der Waals surface area contributed by atoms with Gasteiger partial charge in [0.2, 0.25) is 0 Å². The van der Waals surface area contributed by atoms with Gasteiger partial charge < -0.3 is 15.8 Å². The minimum Gasteiger partial charge on any atom is -0.452 e. The zero-order chi connectivity index (χ0) is 22.0. The van der Waals surface area contributed by atoms with E-state index in [9.17, 15) is 24.5 Å². The largest absolute Gasteiger partial charge is 0.452 e. The van der Waals surface area contributed by atoms with E-state index in [1.807, 2.05) is 0 Å². The number of nitro benzene ring substituents is 1. The van der Waals surface area contributed by atoms with Gasteiger partial charge in [-0.1, -0.05) is 13.0 Å². The van der Waals surface area contributed by atoms with Crippen LogP contribution >= 0.6 is 11.3 Å². The number of hydrogen-bond acceptors (Lipinski definition) is 7. The number of hydrogen-bond donors (Lipinski definition) is 2. The van der Waals surface area contributed by atoms with E-state index < -0.39 is 29.3 Å². The molecule has 1 aliphatic rings. The van der Waals surface area contributed by atoms with Crippen molar-refractivity contribution in [3.63, 3.8) is 0 Å². The van der Waals surface area contributed by atoms with E-state index in [0.717, 1.165) is 29.7 Å². The van der Waals surface area contributed by atoms with Crippen molar-refractivity contribution >= 4 is 39.8 Å². The van der Waals surface area contributed by atoms with E-state index in [1.165, 1.54) is 36.5 Å². The van der Waals surface area contributed by atoms with Crippen LogP contribution in [-0.4, -0.2) is 29.3 Å². The highest BCUT2D eigenvalue weighted by atomic mass is 32.1. The lowest BCUT2D eigenvalue weighted by Gasteiger charge is -2.18. The van der Waals surface area contributed by atoms with Crippen molar-refractivity contribution in [2.75, 3.05) is 11.9 Å². The molecular weight excluding hydrogens is 410 g/mol. The molecule has 0 fully saturated rings. The number of amides is 2. The molecule has 3 rings (SSSR count). The molecule has 0 saturated heterocycles. The number of benzene rings is 1. The molecule has 2 amide bonds. The number of rotatable bonds is 6. The molecule has 1 aliphatic carbocycles. The second-order valence-corrected chi connectivity index (χ2v) is 8.36. The van der Waals surface area contributed by atoms with Crippen molar-refractivity contribution in [2.24, 2.45) is 11.7 Å². The first-order chi connectivity index (χ1) is 14.2. The van der Waals surface area contributed by atoms with E-state index >= 15 is 0 Å². The minimum atomic E-state index is -0.847. The van der Waals surface area contributed by atoms with Crippen LogP contribution in [0.4, 0.5) is 10.7 Å². The number of nitrogens with zero attached hydrogens (tertiary/aromatic N) is 1. The number of carbonyl (C=O) groups is 3. The van der Waals surface area contributed by atoms with Gasteiger partial charge in [0, 0.05) is 16.5 Å². The molecule has 1 atom stereocenters. The van der Waals surface area contributed by atoms with E-state index in [-0.39, 0.29) is 16.8 Å². The van der Waals surface area contributed by atoms with E-state index in [2.05, 4.69) is 12.2 Å². The first-order valence-corrected chi connectivity index (χ1v) is 10.2. The fourth-order valence-electron chi connectivity index (χ4n) is 3.51. The molecule has 0 spiro atoms. The van der Waals surface area contributed by atoms with Crippen LogP contribution < -0.4 is 11.1 Å². The van der Waals surface area contributed by atoms with Gasteiger partial charge in [-0.2, -0.15) is 0 Å². The molecule has 1 heterocycles. The number of primary amides is 1. The van der Waals surface area contributed by atoms with Crippen molar-refractivity contribution in [3.05, 3.63) is 55.4 Å². The molecule has 10 heteroatoms. The van der Waals surface area contributed by atoms with E-state index in [4.69, 9.17) is 10.5 Å². The first kappa shape index (κ1) is 21.4. The Morgan fingerprint density at radius 2 is 2.10 bits per heavy atom. The molecule has 9 nitrogen and oxygen atoms in total. The summed E-state index contributed by atoms with van der Waals surface area (Å²) in [7, 11) is 0. The third-order valence-corrected chi connectivity index (χ3v) is 6.24. The summed E-state index contributed by atoms with van der Waals surface area (Å²) >= 11 is 1.31. The van der Waals surface area contributed by atoms with Gasteiger partial charge in [-0.15, -0.1) is 11.3 Å². The molecule has 0 saturated carbocycles. The van der Waals surface area contributed by atoms with Crippen molar-refractivity contribution < 1.29 is 24.0 Å². The quantitative estimate of drug-likeness (QED) is 0.409. The Balaban J connectivity index is 1.70. The Morgan fingerprint density at radius 1 is 1.37 bits per heavy atom. The highest BCUT2D eigenvalue weighted by Crippen LogP contribution is 2.39. The summed E-state index contributed by atoms with van der Waals surface area (Å²) in [6, 6.07) is 4.05. The van der Waals surface area contributed by atoms with Crippen LogP contribution in [0, 0.1) is 23.0 Å². The molecule has 0 unspecified atom stereocenters. The maximum atomic E-state index is 12.3. The Labute approximate surface area is 176 Å². The standard InChI is InChI=1S/C20H21N3O6S/c1-10-6-7-13-15(8-10)30-19(17(13)18(21)25)22-16(24)9-29-20(26)12-4-3-5-14(11(12)2)23(27)28/h3-5,10H,6-9H2,1-2H3,(H2,21,25)(H,22,24)/t10-/m0/s1. The summed E-state index contributed by atoms with van der Waals surface area (Å²) in [6.45, 7) is 2.96. The summed E-state index contributed by atoms with van der Waals surface area (Å²) < 4.78 is 5.01. The number of nitrogens with two attached hydrogens (primary N) is 1. The lowest BCUT2D eigenvalue weighted by atomic mass is 9.88. The number of ether oxygens (including phenoxy) is 1. The fourth-order valence-corrected chi connectivity index (χ4v) is 4.95. The van der Waals surface area contributed by atoms with Crippen molar-refractivity contribution in [3.8, 4) is 0 Å². The van der Waals surface area contributed by atoms with Gasteiger partial charge in [0.05, 0.1) is 16.1 Å². The molecule has 0 aliphatic heterocycles. The zero-order valence-corrected chi connectivity index (χ0v) is 17.3. The maximum Gasteiger partial charge on any atom is 0.339 e. The summed E-state index contributed by atoms with van der Waals surface area (Å²) in [5.41, 5.74) is 6.67. The van der Waals surface area contributed by atoms with Gasteiger partial charge in [0.15, 0.2) is 6.61 Å². The third kappa shape index (κ3) is 4.33. The molecule has 1 aromatic carbocycles. The average molecular weight is 431 g/mol. The second-order valence-electron chi connectivity index (χ2n) is 7.25. The molecule has 3 N–H and O–H groups in total. The topological polar surface area (TPSA) is 142 Å². The normalized spacial score (nSPS) is 15.2. The van der Waals surface area contributed by atoms with Crippen LogP contribution in [0.5, 0.6) is 0 Å². The van der Waals surface area contributed by atoms with Gasteiger partial charge >= 0.3 is 5.97 Å². The second kappa shape index (κ2) is 8.62. The minimum absolute atomic E-state index is 0.00963. The summed E-state index contributed by atoms with van der Waals surface area (Å²) in [6.07, 6.45) is 2.48. The summed E-state index contributed by atoms with van der Waals surface area (Å²) in [5.74, 6) is -1.59. The number of fused-ring (bicyclic) bond motifs is 1. The van der Waals surface area contributed by atoms with Crippen LogP contribution in [0.1, 0.15) is 50.1 Å². The Kier molecular flexibility index (Phi) is 6.16. The predicted molar refractivity (Wildman–Crippen MR) is 111 cm³/mol. The van der Waals surface area contributed by atoms with Gasteiger partial charge in [-0.25, -0.2) is 4.79 Å². The number of esters is 1. The molecule has 0 bridgehead atoms. The van der Waals surface area contributed by atoms with Crippen LogP contribution in [0.25, 0.3) is 0 Å².